The molecule has 0 saturated carbocycles. The highest BCUT2D eigenvalue weighted by molar-refractivity contribution is 5.98. The minimum absolute atomic E-state index is 0.246. The number of benzene rings is 2. The summed E-state index contributed by atoms with van der Waals surface area (Å²) in [5.74, 6) is -1.02. The maximum absolute atomic E-state index is 13.6. The van der Waals surface area contributed by atoms with Gasteiger partial charge in [-0.2, -0.15) is 0 Å². The molecule has 2 aromatic rings. The SMILES string of the molecule is COc1cc(OC)cc(C(=O)Cc2c(F)cccc2F)c1. The predicted octanol–water partition coefficient (Wildman–Crippen LogP) is 3.41. The first-order valence-corrected chi connectivity index (χ1v) is 6.24. The van der Waals surface area contributed by atoms with Crippen LogP contribution < -0.4 is 9.47 Å². The van der Waals surface area contributed by atoms with Crippen LogP contribution in [0, 0.1) is 11.6 Å². The second-order valence-corrected chi connectivity index (χ2v) is 4.40. The Bertz CT molecular complexity index is 626. The number of carbonyl (C=O) groups excluding carboxylic acids is 1. The Morgan fingerprint density at radius 2 is 1.52 bits per heavy atom. The zero-order valence-corrected chi connectivity index (χ0v) is 11.7. The Kier molecular flexibility index (Phi) is 4.52. The summed E-state index contributed by atoms with van der Waals surface area (Å²) in [6.07, 6.45) is -0.366. The lowest BCUT2D eigenvalue weighted by molar-refractivity contribution is 0.0990. The van der Waals surface area contributed by atoms with E-state index in [0.29, 0.717) is 11.5 Å². The molecule has 0 unspecified atom stereocenters. The van der Waals surface area contributed by atoms with Gasteiger partial charge in [-0.25, -0.2) is 8.78 Å². The van der Waals surface area contributed by atoms with Crippen molar-refractivity contribution >= 4 is 5.78 Å². The van der Waals surface area contributed by atoms with Gasteiger partial charge in [0.2, 0.25) is 0 Å². The molecule has 0 N–H and O–H groups in total. The van der Waals surface area contributed by atoms with Gasteiger partial charge in [0.25, 0.3) is 0 Å². The van der Waals surface area contributed by atoms with Gasteiger partial charge >= 0.3 is 0 Å². The van der Waals surface area contributed by atoms with Gasteiger partial charge in [-0.05, 0) is 24.3 Å². The van der Waals surface area contributed by atoms with Crippen molar-refractivity contribution in [2.24, 2.45) is 0 Å². The van der Waals surface area contributed by atoms with Crippen LogP contribution in [-0.2, 0) is 6.42 Å². The zero-order chi connectivity index (χ0) is 15.4. The summed E-state index contributed by atoms with van der Waals surface area (Å²) in [6.45, 7) is 0. The molecule has 0 amide bonds. The van der Waals surface area contributed by atoms with Gasteiger partial charge in [-0.1, -0.05) is 6.07 Å². The third-order valence-electron chi connectivity index (χ3n) is 3.07. The van der Waals surface area contributed by atoms with E-state index in [4.69, 9.17) is 9.47 Å². The minimum Gasteiger partial charge on any atom is -0.497 e. The quantitative estimate of drug-likeness (QED) is 0.792. The number of halogens is 2. The number of hydrogen-bond donors (Lipinski definition) is 0. The van der Waals surface area contributed by atoms with Crippen molar-refractivity contribution in [3.8, 4) is 11.5 Å². The molecule has 3 nitrogen and oxygen atoms in total. The molecular formula is C16H14F2O3. The first-order chi connectivity index (χ1) is 10.0. The molecule has 0 aliphatic heterocycles. The smallest absolute Gasteiger partial charge is 0.167 e. The summed E-state index contributed by atoms with van der Waals surface area (Å²) in [6, 6.07) is 8.12. The van der Waals surface area contributed by atoms with Gasteiger partial charge in [0.05, 0.1) is 14.2 Å². The van der Waals surface area contributed by atoms with E-state index in [1.54, 1.807) is 6.07 Å². The van der Waals surface area contributed by atoms with E-state index in [1.807, 2.05) is 0 Å². The van der Waals surface area contributed by atoms with Crippen molar-refractivity contribution < 1.29 is 23.0 Å². The third-order valence-corrected chi connectivity index (χ3v) is 3.07. The largest absolute Gasteiger partial charge is 0.497 e. The Morgan fingerprint density at radius 3 is 2.00 bits per heavy atom. The number of methoxy groups -OCH3 is 2. The molecule has 0 aliphatic rings. The fourth-order valence-corrected chi connectivity index (χ4v) is 1.93. The highest BCUT2D eigenvalue weighted by Crippen LogP contribution is 2.24. The summed E-state index contributed by atoms with van der Waals surface area (Å²) >= 11 is 0. The molecule has 5 heteroatoms. The zero-order valence-electron chi connectivity index (χ0n) is 11.7. The molecular weight excluding hydrogens is 278 g/mol. The van der Waals surface area contributed by atoms with Crippen LogP contribution in [0.4, 0.5) is 8.78 Å². The van der Waals surface area contributed by atoms with Gasteiger partial charge in [0.1, 0.15) is 23.1 Å². The monoisotopic (exact) mass is 292 g/mol. The van der Waals surface area contributed by atoms with Crippen molar-refractivity contribution in [3.63, 3.8) is 0 Å². The van der Waals surface area contributed by atoms with E-state index < -0.39 is 17.4 Å². The van der Waals surface area contributed by atoms with Crippen molar-refractivity contribution in [1.82, 2.24) is 0 Å². The predicted molar refractivity (Wildman–Crippen MR) is 73.9 cm³/mol. The molecule has 0 fully saturated rings. The Morgan fingerprint density at radius 1 is 1.00 bits per heavy atom. The second-order valence-electron chi connectivity index (χ2n) is 4.40. The van der Waals surface area contributed by atoms with Crippen molar-refractivity contribution in [3.05, 3.63) is 59.2 Å². The van der Waals surface area contributed by atoms with Crippen molar-refractivity contribution in [2.75, 3.05) is 14.2 Å². The molecule has 0 bridgehead atoms. The van der Waals surface area contributed by atoms with Crippen molar-refractivity contribution in [2.45, 2.75) is 6.42 Å². The van der Waals surface area contributed by atoms with Crippen LogP contribution in [0.5, 0.6) is 11.5 Å². The average molecular weight is 292 g/mol. The van der Waals surface area contributed by atoms with E-state index in [9.17, 15) is 13.6 Å². The van der Waals surface area contributed by atoms with Crippen LogP contribution in [0.2, 0.25) is 0 Å². The van der Waals surface area contributed by atoms with Gasteiger partial charge in [-0.3, -0.25) is 4.79 Å². The average Bonchev–Trinajstić information content (AvgIpc) is 2.50. The number of rotatable bonds is 5. The van der Waals surface area contributed by atoms with E-state index in [2.05, 4.69) is 0 Å². The van der Waals surface area contributed by atoms with Crippen LogP contribution in [0.3, 0.4) is 0 Å². The van der Waals surface area contributed by atoms with E-state index >= 15 is 0 Å². The molecule has 0 aliphatic carbocycles. The number of Topliss-reactive ketones (excluding diaryl/α,β-unsaturated/α-hetero) is 1. The number of carbonyl (C=O) groups is 1. The topological polar surface area (TPSA) is 35.5 Å². The molecule has 0 aromatic heterocycles. The Hall–Kier alpha value is -2.43. The summed E-state index contributed by atoms with van der Waals surface area (Å²) in [5, 5.41) is 0. The Labute approximate surface area is 121 Å². The molecule has 2 aromatic carbocycles. The van der Waals surface area contributed by atoms with E-state index in [1.165, 1.54) is 32.4 Å². The van der Waals surface area contributed by atoms with E-state index in [-0.39, 0.29) is 17.5 Å². The second kappa shape index (κ2) is 6.35. The molecule has 110 valence electrons. The van der Waals surface area contributed by atoms with E-state index in [0.717, 1.165) is 12.1 Å². The van der Waals surface area contributed by atoms with Crippen LogP contribution in [0.15, 0.2) is 36.4 Å². The van der Waals surface area contributed by atoms with Gasteiger partial charge in [0, 0.05) is 23.6 Å². The fraction of sp³-hybridized carbons (Fsp3) is 0.188. The lowest BCUT2D eigenvalue weighted by Gasteiger charge is -2.08. The maximum atomic E-state index is 13.6. The maximum Gasteiger partial charge on any atom is 0.167 e. The highest BCUT2D eigenvalue weighted by atomic mass is 19.1. The normalized spacial score (nSPS) is 10.3. The lowest BCUT2D eigenvalue weighted by Crippen LogP contribution is -2.08. The summed E-state index contributed by atoms with van der Waals surface area (Å²) in [4.78, 5) is 12.2. The summed E-state index contributed by atoms with van der Waals surface area (Å²) < 4.78 is 37.3. The van der Waals surface area contributed by atoms with Crippen LogP contribution in [0.25, 0.3) is 0 Å². The summed E-state index contributed by atoms with van der Waals surface area (Å²) in [5.41, 5.74) is 0.0261. The van der Waals surface area contributed by atoms with Crippen LogP contribution >= 0.6 is 0 Å². The standard InChI is InChI=1S/C16H14F2O3/c1-20-11-6-10(7-12(8-11)21-2)16(19)9-13-14(17)4-3-5-15(13)18/h3-8H,9H2,1-2H3. The van der Waals surface area contributed by atoms with Gasteiger partial charge < -0.3 is 9.47 Å². The fourth-order valence-electron chi connectivity index (χ4n) is 1.93. The summed E-state index contributed by atoms with van der Waals surface area (Å²) in [7, 11) is 2.92. The van der Waals surface area contributed by atoms with Gasteiger partial charge in [-0.15, -0.1) is 0 Å². The molecule has 21 heavy (non-hydrogen) atoms. The molecule has 0 radical (unpaired) electrons. The number of hydrogen-bond acceptors (Lipinski definition) is 3. The van der Waals surface area contributed by atoms with Crippen LogP contribution in [-0.4, -0.2) is 20.0 Å². The molecule has 0 atom stereocenters. The highest BCUT2D eigenvalue weighted by Gasteiger charge is 2.16. The molecule has 0 saturated heterocycles. The lowest BCUT2D eigenvalue weighted by atomic mass is 10.0. The van der Waals surface area contributed by atoms with Gasteiger partial charge in [0.15, 0.2) is 5.78 Å². The molecule has 2 rings (SSSR count). The Balaban J connectivity index is 2.32. The number of ether oxygens (including phenoxy) is 2. The minimum atomic E-state index is -0.738. The third kappa shape index (κ3) is 3.37. The van der Waals surface area contributed by atoms with Crippen molar-refractivity contribution in [1.29, 1.82) is 0 Å². The number of ketones is 1. The molecule has 0 spiro atoms. The first kappa shape index (κ1) is 15.0. The van der Waals surface area contributed by atoms with Crippen LogP contribution in [0.1, 0.15) is 15.9 Å². The molecule has 0 heterocycles. The first-order valence-electron chi connectivity index (χ1n) is 6.24.